The molecule has 0 atom stereocenters. The first-order valence-electron chi connectivity index (χ1n) is 6.75. The highest BCUT2D eigenvalue weighted by molar-refractivity contribution is 7.09. The van der Waals surface area contributed by atoms with Crippen LogP contribution < -0.4 is 10.1 Å². The lowest BCUT2D eigenvalue weighted by atomic mass is 9.75. The Bertz CT molecular complexity index is 517. The van der Waals surface area contributed by atoms with Crippen LogP contribution in [0.4, 0.5) is 0 Å². The van der Waals surface area contributed by atoms with Gasteiger partial charge >= 0.3 is 0 Å². The van der Waals surface area contributed by atoms with Gasteiger partial charge in [0, 0.05) is 17.5 Å². The standard InChI is InChI=1S/C16H19NOS/c1-18-16-7-3-2-6-15(16)12-9-13(10-12)17-11-14-5-4-8-19-14/h2-8,12-13,17H,9-11H2,1H3. The molecule has 0 saturated heterocycles. The molecular weight excluding hydrogens is 254 g/mol. The van der Waals surface area contributed by atoms with Gasteiger partial charge in [0.05, 0.1) is 7.11 Å². The van der Waals surface area contributed by atoms with E-state index in [0.29, 0.717) is 12.0 Å². The Kier molecular flexibility index (Phi) is 3.85. The first kappa shape index (κ1) is 12.7. The van der Waals surface area contributed by atoms with Crippen molar-refractivity contribution in [3.63, 3.8) is 0 Å². The predicted molar refractivity (Wildman–Crippen MR) is 79.9 cm³/mol. The molecular formula is C16H19NOS. The predicted octanol–water partition coefficient (Wildman–Crippen LogP) is 3.79. The molecule has 0 radical (unpaired) electrons. The third kappa shape index (κ3) is 2.82. The van der Waals surface area contributed by atoms with Gasteiger partial charge in [0.1, 0.15) is 5.75 Å². The van der Waals surface area contributed by atoms with Crippen LogP contribution in [0.2, 0.25) is 0 Å². The average molecular weight is 273 g/mol. The van der Waals surface area contributed by atoms with Gasteiger partial charge in [0.2, 0.25) is 0 Å². The van der Waals surface area contributed by atoms with Gasteiger partial charge in [-0.05, 0) is 41.8 Å². The summed E-state index contributed by atoms with van der Waals surface area (Å²) in [5.41, 5.74) is 1.36. The summed E-state index contributed by atoms with van der Waals surface area (Å²) in [4.78, 5) is 1.42. The lowest BCUT2D eigenvalue weighted by molar-refractivity contribution is 0.282. The second kappa shape index (κ2) is 5.76. The Labute approximate surface area is 118 Å². The van der Waals surface area contributed by atoms with E-state index in [1.807, 2.05) is 17.4 Å². The first-order valence-corrected chi connectivity index (χ1v) is 7.63. The van der Waals surface area contributed by atoms with Crippen LogP contribution in [-0.2, 0) is 6.54 Å². The molecule has 1 N–H and O–H groups in total. The molecule has 2 aromatic rings. The van der Waals surface area contributed by atoms with Gasteiger partial charge in [-0.1, -0.05) is 24.3 Å². The largest absolute Gasteiger partial charge is 0.496 e. The number of thiophene rings is 1. The van der Waals surface area contributed by atoms with Gasteiger partial charge in [-0.2, -0.15) is 0 Å². The fourth-order valence-corrected chi connectivity index (χ4v) is 3.36. The van der Waals surface area contributed by atoms with Gasteiger partial charge in [-0.25, -0.2) is 0 Å². The molecule has 1 fully saturated rings. The zero-order valence-electron chi connectivity index (χ0n) is 11.1. The van der Waals surface area contributed by atoms with E-state index in [4.69, 9.17) is 4.74 Å². The quantitative estimate of drug-likeness (QED) is 0.895. The monoisotopic (exact) mass is 273 g/mol. The normalized spacial score (nSPS) is 21.9. The van der Waals surface area contributed by atoms with Gasteiger partial charge in [-0.3, -0.25) is 0 Å². The molecule has 0 bridgehead atoms. The third-order valence-corrected chi connectivity index (χ3v) is 4.74. The third-order valence-electron chi connectivity index (χ3n) is 3.86. The van der Waals surface area contributed by atoms with Crippen molar-refractivity contribution in [1.82, 2.24) is 5.32 Å². The van der Waals surface area contributed by atoms with Crippen molar-refractivity contribution in [2.24, 2.45) is 0 Å². The summed E-state index contributed by atoms with van der Waals surface area (Å²) in [6, 6.07) is 13.3. The molecule has 0 spiro atoms. The van der Waals surface area contributed by atoms with Crippen molar-refractivity contribution < 1.29 is 4.74 Å². The SMILES string of the molecule is COc1ccccc1C1CC(NCc2cccs2)C1. The van der Waals surface area contributed by atoms with Crippen LogP contribution in [0.3, 0.4) is 0 Å². The molecule has 1 heterocycles. The minimum atomic E-state index is 0.650. The van der Waals surface area contributed by atoms with E-state index in [9.17, 15) is 0 Å². The minimum absolute atomic E-state index is 0.650. The fraction of sp³-hybridized carbons (Fsp3) is 0.375. The van der Waals surface area contributed by atoms with Crippen LogP contribution >= 0.6 is 11.3 Å². The van der Waals surface area contributed by atoms with E-state index in [0.717, 1.165) is 12.3 Å². The summed E-state index contributed by atoms with van der Waals surface area (Å²) >= 11 is 1.82. The van der Waals surface area contributed by atoms with Crippen LogP contribution in [0, 0.1) is 0 Å². The maximum absolute atomic E-state index is 5.44. The van der Waals surface area contributed by atoms with Crippen LogP contribution in [0.25, 0.3) is 0 Å². The number of rotatable bonds is 5. The fourth-order valence-electron chi connectivity index (χ4n) is 2.70. The van der Waals surface area contributed by atoms with Crippen molar-refractivity contribution in [3.8, 4) is 5.75 Å². The topological polar surface area (TPSA) is 21.3 Å². The summed E-state index contributed by atoms with van der Waals surface area (Å²) in [6.07, 6.45) is 2.43. The number of ether oxygens (including phenoxy) is 1. The van der Waals surface area contributed by atoms with Gasteiger partial charge in [0.15, 0.2) is 0 Å². The number of nitrogens with one attached hydrogen (secondary N) is 1. The van der Waals surface area contributed by atoms with E-state index >= 15 is 0 Å². The van der Waals surface area contributed by atoms with E-state index in [1.54, 1.807) is 7.11 Å². The van der Waals surface area contributed by atoms with E-state index < -0.39 is 0 Å². The van der Waals surface area contributed by atoms with Crippen LogP contribution in [0.5, 0.6) is 5.75 Å². The van der Waals surface area contributed by atoms with E-state index in [1.165, 1.54) is 23.3 Å². The van der Waals surface area contributed by atoms with Crippen LogP contribution in [0.15, 0.2) is 41.8 Å². The molecule has 1 aromatic carbocycles. The zero-order chi connectivity index (χ0) is 13.1. The number of benzene rings is 1. The average Bonchev–Trinajstić information content (AvgIpc) is 2.90. The summed E-state index contributed by atoms with van der Waals surface area (Å²) < 4.78 is 5.44. The molecule has 19 heavy (non-hydrogen) atoms. The number of hydrogen-bond donors (Lipinski definition) is 1. The highest BCUT2D eigenvalue weighted by Gasteiger charge is 2.31. The van der Waals surface area contributed by atoms with Gasteiger partial charge < -0.3 is 10.1 Å². The summed E-state index contributed by atoms with van der Waals surface area (Å²) in [6.45, 7) is 1.00. The molecule has 0 amide bonds. The summed E-state index contributed by atoms with van der Waals surface area (Å²) in [5.74, 6) is 1.68. The molecule has 3 heteroatoms. The van der Waals surface area contributed by atoms with Crippen molar-refractivity contribution in [2.75, 3.05) is 7.11 Å². The van der Waals surface area contributed by atoms with Crippen molar-refractivity contribution in [1.29, 1.82) is 0 Å². The van der Waals surface area contributed by atoms with Crippen molar-refractivity contribution in [3.05, 3.63) is 52.2 Å². The molecule has 2 nitrogen and oxygen atoms in total. The zero-order valence-corrected chi connectivity index (χ0v) is 12.0. The molecule has 1 aromatic heterocycles. The molecule has 1 aliphatic rings. The highest BCUT2D eigenvalue weighted by atomic mass is 32.1. The first-order chi connectivity index (χ1) is 9.36. The van der Waals surface area contributed by atoms with Crippen LogP contribution in [0.1, 0.15) is 29.2 Å². The Morgan fingerprint density at radius 2 is 2.05 bits per heavy atom. The van der Waals surface area contributed by atoms with Gasteiger partial charge in [-0.15, -0.1) is 11.3 Å². The van der Waals surface area contributed by atoms with Crippen LogP contribution in [-0.4, -0.2) is 13.2 Å². The maximum atomic E-state index is 5.44. The lowest BCUT2D eigenvalue weighted by Crippen LogP contribution is -2.39. The molecule has 100 valence electrons. The lowest BCUT2D eigenvalue weighted by Gasteiger charge is -2.37. The molecule has 0 aliphatic heterocycles. The van der Waals surface area contributed by atoms with Crippen molar-refractivity contribution >= 4 is 11.3 Å². The number of methoxy groups -OCH3 is 1. The van der Waals surface area contributed by atoms with Gasteiger partial charge in [0.25, 0.3) is 0 Å². The summed E-state index contributed by atoms with van der Waals surface area (Å²) in [7, 11) is 1.75. The Balaban J connectivity index is 1.52. The molecule has 1 saturated carbocycles. The Hall–Kier alpha value is -1.32. The maximum Gasteiger partial charge on any atom is 0.122 e. The smallest absolute Gasteiger partial charge is 0.122 e. The van der Waals surface area contributed by atoms with E-state index in [2.05, 4.69) is 41.0 Å². The highest BCUT2D eigenvalue weighted by Crippen LogP contribution is 2.41. The van der Waals surface area contributed by atoms with E-state index in [-0.39, 0.29) is 0 Å². The number of para-hydroxylation sites is 1. The Morgan fingerprint density at radius 3 is 2.79 bits per heavy atom. The second-order valence-electron chi connectivity index (χ2n) is 5.07. The Morgan fingerprint density at radius 1 is 1.21 bits per heavy atom. The minimum Gasteiger partial charge on any atom is -0.496 e. The molecule has 3 rings (SSSR count). The second-order valence-corrected chi connectivity index (χ2v) is 6.10. The van der Waals surface area contributed by atoms with Crippen molar-refractivity contribution in [2.45, 2.75) is 31.3 Å². The number of hydrogen-bond acceptors (Lipinski definition) is 3. The molecule has 0 unspecified atom stereocenters. The molecule has 1 aliphatic carbocycles. The summed E-state index contributed by atoms with van der Waals surface area (Å²) in [5, 5.41) is 5.76.